The van der Waals surface area contributed by atoms with E-state index in [1.165, 1.54) is 0 Å². The Labute approximate surface area is 87.5 Å². The number of primary amides is 1. The third-order valence-corrected chi connectivity index (χ3v) is 2.43. The molecular formula is C11H13N3O. The largest absolute Gasteiger partial charge is 0.366 e. The second-order valence-electron chi connectivity index (χ2n) is 3.44. The molecule has 2 rings (SSSR count). The topological polar surface area (TPSA) is 74.0 Å². The third-order valence-electron chi connectivity index (χ3n) is 2.43. The first kappa shape index (κ1) is 9.73. The van der Waals surface area contributed by atoms with Crippen molar-refractivity contribution in [1.29, 1.82) is 0 Å². The minimum atomic E-state index is -0.400. The number of amides is 1. The normalized spacial score (nSPS) is 10.7. The first-order chi connectivity index (χ1) is 7.22. The van der Waals surface area contributed by atoms with Crippen molar-refractivity contribution in [3.8, 4) is 0 Å². The van der Waals surface area contributed by atoms with Crippen LogP contribution >= 0.6 is 0 Å². The number of carbonyl (C=O) groups excluding carboxylic acids is 1. The number of aromatic nitrogens is 1. The van der Waals surface area contributed by atoms with Crippen LogP contribution in [-0.4, -0.2) is 17.0 Å². The van der Waals surface area contributed by atoms with Crippen LogP contribution in [0.5, 0.6) is 0 Å². The summed E-state index contributed by atoms with van der Waals surface area (Å²) < 4.78 is 2.06. The van der Waals surface area contributed by atoms with E-state index in [4.69, 9.17) is 11.5 Å². The van der Waals surface area contributed by atoms with E-state index in [2.05, 4.69) is 4.57 Å². The SMILES string of the molecule is NCCn1ccc2cc(C(N)=O)ccc21. The number of carbonyl (C=O) groups is 1. The van der Waals surface area contributed by atoms with Gasteiger partial charge in [-0.05, 0) is 24.3 Å². The van der Waals surface area contributed by atoms with E-state index in [1.54, 1.807) is 12.1 Å². The molecule has 4 N–H and O–H groups in total. The highest BCUT2D eigenvalue weighted by Crippen LogP contribution is 2.17. The number of benzene rings is 1. The molecule has 78 valence electrons. The Kier molecular flexibility index (Phi) is 2.43. The Morgan fingerprint density at radius 3 is 2.80 bits per heavy atom. The second-order valence-corrected chi connectivity index (χ2v) is 3.44. The lowest BCUT2D eigenvalue weighted by Crippen LogP contribution is -2.11. The molecule has 15 heavy (non-hydrogen) atoms. The van der Waals surface area contributed by atoms with Crippen molar-refractivity contribution in [2.24, 2.45) is 11.5 Å². The molecule has 2 aromatic rings. The lowest BCUT2D eigenvalue weighted by molar-refractivity contribution is 0.100. The van der Waals surface area contributed by atoms with Crippen LogP contribution in [0.15, 0.2) is 30.5 Å². The van der Waals surface area contributed by atoms with Crippen molar-refractivity contribution >= 4 is 16.8 Å². The van der Waals surface area contributed by atoms with E-state index >= 15 is 0 Å². The summed E-state index contributed by atoms with van der Waals surface area (Å²) in [5, 5.41) is 1.01. The van der Waals surface area contributed by atoms with Gasteiger partial charge in [0, 0.05) is 35.8 Å². The zero-order valence-corrected chi connectivity index (χ0v) is 8.31. The second kappa shape index (κ2) is 3.74. The number of hydrogen-bond acceptors (Lipinski definition) is 2. The van der Waals surface area contributed by atoms with Gasteiger partial charge in [-0.1, -0.05) is 0 Å². The maximum Gasteiger partial charge on any atom is 0.248 e. The van der Waals surface area contributed by atoms with Crippen LogP contribution < -0.4 is 11.5 Å². The zero-order valence-electron chi connectivity index (χ0n) is 8.31. The average molecular weight is 203 g/mol. The van der Waals surface area contributed by atoms with Gasteiger partial charge in [-0.25, -0.2) is 0 Å². The van der Waals surface area contributed by atoms with Gasteiger partial charge in [0.2, 0.25) is 5.91 Å². The van der Waals surface area contributed by atoms with Gasteiger partial charge in [0.25, 0.3) is 0 Å². The summed E-state index contributed by atoms with van der Waals surface area (Å²) in [5.74, 6) is -0.400. The zero-order chi connectivity index (χ0) is 10.8. The van der Waals surface area contributed by atoms with Gasteiger partial charge in [-0.2, -0.15) is 0 Å². The molecule has 4 nitrogen and oxygen atoms in total. The molecule has 0 spiro atoms. The monoisotopic (exact) mass is 203 g/mol. The van der Waals surface area contributed by atoms with Crippen LogP contribution in [0.1, 0.15) is 10.4 Å². The molecule has 1 amide bonds. The van der Waals surface area contributed by atoms with Crippen LogP contribution in [0.4, 0.5) is 0 Å². The summed E-state index contributed by atoms with van der Waals surface area (Å²) >= 11 is 0. The van der Waals surface area contributed by atoms with Gasteiger partial charge in [0.15, 0.2) is 0 Å². The minimum absolute atomic E-state index is 0.400. The molecule has 0 fully saturated rings. The highest BCUT2D eigenvalue weighted by molar-refractivity contribution is 5.97. The number of hydrogen-bond donors (Lipinski definition) is 2. The molecule has 0 radical (unpaired) electrons. The summed E-state index contributed by atoms with van der Waals surface area (Å²) in [7, 11) is 0. The van der Waals surface area contributed by atoms with Gasteiger partial charge < -0.3 is 16.0 Å². The third kappa shape index (κ3) is 1.71. The molecule has 0 saturated heterocycles. The molecular weight excluding hydrogens is 190 g/mol. The lowest BCUT2D eigenvalue weighted by Gasteiger charge is -2.03. The van der Waals surface area contributed by atoms with E-state index in [1.807, 2.05) is 18.3 Å². The first-order valence-corrected chi connectivity index (χ1v) is 4.81. The quantitative estimate of drug-likeness (QED) is 0.770. The molecule has 0 unspecified atom stereocenters. The molecule has 0 atom stereocenters. The fourth-order valence-corrected chi connectivity index (χ4v) is 1.69. The highest BCUT2D eigenvalue weighted by Gasteiger charge is 2.04. The highest BCUT2D eigenvalue weighted by atomic mass is 16.1. The van der Waals surface area contributed by atoms with Crippen LogP contribution in [0.3, 0.4) is 0 Å². The van der Waals surface area contributed by atoms with Gasteiger partial charge in [-0.3, -0.25) is 4.79 Å². The number of nitrogens with zero attached hydrogens (tertiary/aromatic N) is 1. The minimum Gasteiger partial charge on any atom is -0.366 e. The van der Waals surface area contributed by atoms with Crippen LogP contribution in [0, 0.1) is 0 Å². The Bertz CT molecular complexity index is 502. The van der Waals surface area contributed by atoms with Gasteiger partial charge in [-0.15, -0.1) is 0 Å². The Morgan fingerprint density at radius 1 is 1.33 bits per heavy atom. The van der Waals surface area contributed by atoms with Crippen molar-refractivity contribution in [2.45, 2.75) is 6.54 Å². The fraction of sp³-hybridized carbons (Fsp3) is 0.182. The number of nitrogens with two attached hydrogens (primary N) is 2. The summed E-state index contributed by atoms with van der Waals surface area (Å²) in [5.41, 5.74) is 12.3. The molecule has 4 heteroatoms. The summed E-state index contributed by atoms with van der Waals surface area (Å²) in [6.45, 7) is 1.38. The average Bonchev–Trinajstić information content (AvgIpc) is 2.61. The van der Waals surface area contributed by atoms with Crippen molar-refractivity contribution in [3.63, 3.8) is 0 Å². The molecule has 1 aromatic carbocycles. The Balaban J connectivity index is 2.51. The molecule has 0 bridgehead atoms. The van der Waals surface area contributed by atoms with E-state index < -0.39 is 5.91 Å². The lowest BCUT2D eigenvalue weighted by atomic mass is 10.1. The van der Waals surface area contributed by atoms with Crippen molar-refractivity contribution in [3.05, 3.63) is 36.0 Å². The van der Waals surface area contributed by atoms with E-state index in [0.717, 1.165) is 17.4 Å². The van der Waals surface area contributed by atoms with Crippen LogP contribution in [0.25, 0.3) is 10.9 Å². The van der Waals surface area contributed by atoms with Crippen molar-refractivity contribution in [2.75, 3.05) is 6.54 Å². The number of fused-ring (bicyclic) bond motifs is 1. The summed E-state index contributed by atoms with van der Waals surface area (Å²) in [4.78, 5) is 11.0. The molecule has 0 aliphatic carbocycles. The molecule has 0 saturated carbocycles. The van der Waals surface area contributed by atoms with Crippen molar-refractivity contribution in [1.82, 2.24) is 4.57 Å². The smallest absolute Gasteiger partial charge is 0.248 e. The molecule has 1 heterocycles. The Morgan fingerprint density at radius 2 is 2.13 bits per heavy atom. The molecule has 0 aliphatic heterocycles. The van der Waals surface area contributed by atoms with E-state index in [-0.39, 0.29) is 0 Å². The van der Waals surface area contributed by atoms with Gasteiger partial charge >= 0.3 is 0 Å². The Hall–Kier alpha value is -1.81. The summed E-state index contributed by atoms with van der Waals surface area (Å²) in [6.07, 6.45) is 1.96. The van der Waals surface area contributed by atoms with E-state index in [0.29, 0.717) is 12.1 Å². The van der Waals surface area contributed by atoms with E-state index in [9.17, 15) is 4.79 Å². The van der Waals surface area contributed by atoms with Crippen LogP contribution in [0.2, 0.25) is 0 Å². The standard InChI is InChI=1S/C11H13N3O/c12-4-6-14-5-3-8-7-9(11(13)15)1-2-10(8)14/h1-3,5,7H,4,6,12H2,(H2,13,15). The molecule has 1 aromatic heterocycles. The molecule has 0 aliphatic rings. The number of rotatable bonds is 3. The van der Waals surface area contributed by atoms with Crippen LogP contribution in [-0.2, 0) is 6.54 Å². The van der Waals surface area contributed by atoms with Crippen molar-refractivity contribution < 1.29 is 4.79 Å². The maximum absolute atomic E-state index is 11.0. The predicted octanol–water partition coefficient (Wildman–Crippen LogP) is 0.699. The maximum atomic E-state index is 11.0. The summed E-state index contributed by atoms with van der Waals surface area (Å²) in [6, 6.07) is 7.38. The fourth-order valence-electron chi connectivity index (χ4n) is 1.69. The van der Waals surface area contributed by atoms with Gasteiger partial charge in [0.05, 0.1) is 0 Å². The first-order valence-electron chi connectivity index (χ1n) is 4.81. The van der Waals surface area contributed by atoms with Gasteiger partial charge in [0.1, 0.15) is 0 Å². The predicted molar refractivity (Wildman–Crippen MR) is 59.5 cm³/mol.